The largest absolute Gasteiger partial charge is 0.479 e. The second-order valence-corrected chi connectivity index (χ2v) is 2.66. The Hall–Kier alpha value is -0.610. The van der Waals surface area contributed by atoms with Crippen molar-refractivity contribution < 1.29 is 20.1 Å². The second kappa shape index (κ2) is 4.31. The minimum Gasteiger partial charge on any atom is -0.479 e. The molecule has 0 heterocycles. The van der Waals surface area contributed by atoms with Gasteiger partial charge in [-0.05, 0) is 5.92 Å². The number of hydrogen-bond donors (Lipinski definition) is 3. The summed E-state index contributed by atoms with van der Waals surface area (Å²) < 4.78 is 0. The fourth-order valence-electron chi connectivity index (χ4n) is 0.699. The van der Waals surface area contributed by atoms with E-state index in [0.717, 1.165) is 0 Å². The van der Waals surface area contributed by atoms with Crippen LogP contribution in [0, 0.1) is 5.92 Å². The molecule has 0 saturated carbocycles. The molecule has 4 nitrogen and oxygen atoms in total. The SMILES string of the molecule is CCC(C)C(O)C(O)C(=O)O. The molecular weight excluding hydrogens is 148 g/mol. The smallest absolute Gasteiger partial charge is 0.335 e. The van der Waals surface area contributed by atoms with Crippen molar-refractivity contribution in [1.82, 2.24) is 0 Å². The summed E-state index contributed by atoms with van der Waals surface area (Å²) in [6.45, 7) is 3.51. The summed E-state index contributed by atoms with van der Waals surface area (Å²) in [6, 6.07) is 0. The summed E-state index contributed by atoms with van der Waals surface area (Å²) >= 11 is 0. The summed E-state index contributed by atoms with van der Waals surface area (Å²) in [7, 11) is 0. The van der Waals surface area contributed by atoms with E-state index in [9.17, 15) is 4.79 Å². The maximum atomic E-state index is 10.2. The second-order valence-electron chi connectivity index (χ2n) is 2.66. The zero-order valence-corrected chi connectivity index (χ0v) is 6.69. The average molecular weight is 162 g/mol. The van der Waals surface area contributed by atoms with Gasteiger partial charge in [0.05, 0.1) is 6.10 Å². The van der Waals surface area contributed by atoms with Gasteiger partial charge in [-0.25, -0.2) is 4.79 Å². The van der Waals surface area contributed by atoms with Crippen LogP contribution >= 0.6 is 0 Å². The Morgan fingerprint density at radius 1 is 1.45 bits per heavy atom. The van der Waals surface area contributed by atoms with Gasteiger partial charge in [-0.3, -0.25) is 0 Å². The first kappa shape index (κ1) is 10.4. The predicted octanol–water partition coefficient (Wildman–Crippen LogP) is -0.161. The highest BCUT2D eigenvalue weighted by atomic mass is 16.4. The monoisotopic (exact) mass is 162 g/mol. The Balaban J connectivity index is 4.00. The molecular formula is C7H14O4. The van der Waals surface area contributed by atoms with Gasteiger partial charge in [0.25, 0.3) is 0 Å². The Bertz CT molecular complexity index is 134. The zero-order chi connectivity index (χ0) is 9.02. The third kappa shape index (κ3) is 2.86. The summed E-state index contributed by atoms with van der Waals surface area (Å²) in [4.78, 5) is 10.2. The lowest BCUT2D eigenvalue weighted by Gasteiger charge is -2.19. The molecule has 3 unspecified atom stereocenters. The van der Waals surface area contributed by atoms with E-state index in [2.05, 4.69) is 0 Å². The lowest BCUT2D eigenvalue weighted by molar-refractivity contribution is -0.154. The summed E-state index contributed by atoms with van der Waals surface area (Å²) in [5.74, 6) is -1.57. The third-order valence-electron chi connectivity index (χ3n) is 1.80. The van der Waals surface area contributed by atoms with Gasteiger partial charge in [-0.15, -0.1) is 0 Å². The highest BCUT2D eigenvalue weighted by Gasteiger charge is 2.27. The molecule has 11 heavy (non-hydrogen) atoms. The van der Waals surface area contributed by atoms with Gasteiger partial charge in [-0.1, -0.05) is 20.3 Å². The first-order valence-electron chi connectivity index (χ1n) is 3.59. The quantitative estimate of drug-likeness (QED) is 0.536. The molecule has 3 N–H and O–H groups in total. The molecule has 0 bridgehead atoms. The predicted molar refractivity (Wildman–Crippen MR) is 39.1 cm³/mol. The molecule has 0 aliphatic rings. The van der Waals surface area contributed by atoms with E-state index in [1.54, 1.807) is 6.92 Å². The number of carboxylic acids is 1. The molecule has 3 atom stereocenters. The van der Waals surface area contributed by atoms with E-state index in [-0.39, 0.29) is 5.92 Å². The van der Waals surface area contributed by atoms with Crippen LogP contribution in [-0.2, 0) is 4.79 Å². The van der Waals surface area contributed by atoms with E-state index < -0.39 is 18.2 Å². The lowest BCUT2D eigenvalue weighted by atomic mass is 9.97. The van der Waals surface area contributed by atoms with E-state index in [0.29, 0.717) is 6.42 Å². The molecule has 0 radical (unpaired) electrons. The first-order valence-corrected chi connectivity index (χ1v) is 3.59. The van der Waals surface area contributed by atoms with Gasteiger partial charge in [0.1, 0.15) is 0 Å². The molecule has 4 heteroatoms. The van der Waals surface area contributed by atoms with E-state index >= 15 is 0 Å². The molecule has 0 aliphatic heterocycles. The van der Waals surface area contributed by atoms with Gasteiger partial charge in [0, 0.05) is 0 Å². The van der Waals surface area contributed by atoms with Crippen LogP contribution in [0.3, 0.4) is 0 Å². The van der Waals surface area contributed by atoms with E-state index in [1.165, 1.54) is 0 Å². The van der Waals surface area contributed by atoms with Crippen LogP contribution in [0.4, 0.5) is 0 Å². The van der Waals surface area contributed by atoms with Gasteiger partial charge in [-0.2, -0.15) is 0 Å². The normalized spacial score (nSPS) is 18.9. The fourth-order valence-corrected chi connectivity index (χ4v) is 0.699. The molecule has 0 spiro atoms. The molecule has 0 amide bonds. The molecule has 0 aromatic carbocycles. The van der Waals surface area contributed by atoms with Crippen LogP contribution in [0.2, 0.25) is 0 Å². The van der Waals surface area contributed by atoms with Crippen molar-refractivity contribution in [2.75, 3.05) is 0 Å². The van der Waals surface area contributed by atoms with Crippen LogP contribution in [0.25, 0.3) is 0 Å². The number of carbonyl (C=O) groups is 1. The van der Waals surface area contributed by atoms with Gasteiger partial charge >= 0.3 is 5.97 Å². The van der Waals surface area contributed by atoms with Crippen LogP contribution in [0.1, 0.15) is 20.3 Å². The van der Waals surface area contributed by atoms with Crippen LogP contribution in [0.5, 0.6) is 0 Å². The van der Waals surface area contributed by atoms with Crippen molar-refractivity contribution in [3.8, 4) is 0 Å². The molecule has 0 rings (SSSR count). The number of aliphatic hydroxyl groups excluding tert-OH is 2. The lowest BCUT2D eigenvalue weighted by Crippen LogP contribution is -2.37. The summed E-state index contributed by atoms with van der Waals surface area (Å²) in [6.07, 6.45) is -2.19. The van der Waals surface area contributed by atoms with Crippen LogP contribution < -0.4 is 0 Å². The minimum absolute atomic E-state index is 0.193. The van der Waals surface area contributed by atoms with Crippen molar-refractivity contribution in [3.05, 3.63) is 0 Å². The number of aliphatic hydroxyl groups is 2. The van der Waals surface area contributed by atoms with Crippen molar-refractivity contribution in [2.24, 2.45) is 5.92 Å². The number of aliphatic carboxylic acids is 1. The zero-order valence-electron chi connectivity index (χ0n) is 6.69. The van der Waals surface area contributed by atoms with Gasteiger partial charge < -0.3 is 15.3 Å². The number of carboxylic acid groups (broad SMARTS) is 1. The van der Waals surface area contributed by atoms with Crippen molar-refractivity contribution >= 4 is 5.97 Å². The Kier molecular flexibility index (Phi) is 4.07. The minimum atomic E-state index is -1.66. The van der Waals surface area contributed by atoms with Gasteiger partial charge in [0.2, 0.25) is 0 Å². The fraction of sp³-hybridized carbons (Fsp3) is 0.857. The Morgan fingerprint density at radius 2 is 1.91 bits per heavy atom. The van der Waals surface area contributed by atoms with Crippen molar-refractivity contribution in [3.63, 3.8) is 0 Å². The van der Waals surface area contributed by atoms with Crippen LogP contribution in [-0.4, -0.2) is 33.5 Å². The maximum Gasteiger partial charge on any atom is 0.335 e. The maximum absolute atomic E-state index is 10.2. The topological polar surface area (TPSA) is 77.8 Å². The third-order valence-corrected chi connectivity index (χ3v) is 1.80. The highest BCUT2D eigenvalue weighted by Crippen LogP contribution is 2.10. The van der Waals surface area contributed by atoms with Gasteiger partial charge in [0.15, 0.2) is 6.10 Å². The molecule has 0 fully saturated rings. The Morgan fingerprint density at radius 3 is 2.18 bits per heavy atom. The van der Waals surface area contributed by atoms with E-state index in [1.807, 2.05) is 6.92 Å². The molecule has 0 aliphatic carbocycles. The highest BCUT2D eigenvalue weighted by molar-refractivity contribution is 5.72. The standard InChI is InChI=1S/C7H14O4/c1-3-4(2)5(8)6(9)7(10)11/h4-6,8-9H,3H2,1-2H3,(H,10,11). The van der Waals surface area contributed by atoms with Crippen molar-refractivity contribution in [2.45, 2.75) is 32.5 Å². The molecule has 0 aromatic rings. The number of rotatable bonds is 4. The van der Waals surface area contributed by atoms with Crippen LogP contribution in [0.15, 0.2) is 0 Å². The molecule has 0 aromatic heterocycles. The molecule has 0 saturated heterocycles. The molecule has 66 valence electrons. The number of hydrogen-bond acceptors (Lipinski definition) is 3. The Labute approximate surface area is 65.5 Å². The summed E-state index contributed by atoms with van der Waals surface area (Å²) in [5.41, 5.74) is 0. The average Bonchev–Trinajstić information content (AvgIpc) is 2.00. The summed E-state index contributed by atoms with van der Waals surface area (Å²) in [5, 5.41) is 26.3. The first-order chi connectivity index (χ1) is 5.00. The van der Waals surface area contributed by atoms with Crippen molar-refractivity contribution in [1.29, 1.82) is 0 Å². The van der Waals surface area contributed by atoms with E-state index in [4.69, 9.17) is 15.3 Å².